The van der Waals surface area contributed by atoms with Crippen LogP contribution in [-0.4, -0.2) is 43.3 Å². The van der Waals surface area contributed by atoms with Crippen LogP contribution in [-0.2, 0) is 11.2 Å². The maximum Gasteiger partial charge on any atom is 0.526 e. The molecule has 0 fully saturated rings. The fourth-order valence-electron chi connectivity index (χ4n) is 2.57. The number of ketones is 2. The molecule has 1 aromatic carbocycles. The lowest BCUT2D eigenvalue weighted by Gasteiger charge is -2.28. The summed E-state index contributed by atoms with van der Waals surface area (Å²) in [6.45, 7) is 1.33. The SMILES string of the molecule is CNC(=O)NCC(=O)C[C@H]1Cc2cccc(C(C)=O)c2OB1O. The van der Waals surface area contributed by atoms with Gasteiger partial charge in [-0.25, -0.2) is 4.79 Å². The number of urea groups is 1. The number of carbonyl (C=O) groups excluding carboxylic acids is 3. The van der Waals surface area contributed by atoms with E-state index in [0.29, 0.717) is 17.7 Å². The first-order chi connectivity index (χ1) is 10.9. The van der Waals surface area contributed by atoms with Gasteiger partial charge < -0.3 is 20.3 Å². The summed E-state index contributed by atoms with van der Waals surface area (Å²) in [5, 5.41) is 14.9. The molecule has 0 bridgehead atoms. The van der Waals surface area contributed by atoms with Gasteiger partial charge in [-0.05, 0) is 25.0 Å². The molecule has 0 radical (unpaired) electrons. The van der Waals surface area contributed by atoms with Crippen LogP contribution in [0.4, 0.5) is 4.79 Å². The van der Waals surface area contributed by atoms with E-state index in [1.165, 1.54) is 14.0 Å². The molecule has 0 spiro atoms. The van der Waals surface area contributed by atoms with E-state index in [9.17, 15) is 19.4 Å². The van der Waals surface area contributed by atoms with Crippen molar-refractivity contribution in [3.8, 4) is 5.75 Å². The van der Waals surface area contributed by atoms with E-state index in [0.717, 1.165) is 5.56 Å². The van der Waals surface area contributed by atoms with Crippen LogP contribution in [0.1, 0.15) is 29.3 Å². The lowest BCUT2D eigenvalue weighted by molar-refractivity contribution is -0.118. The van der Waals surface area contributed by atoms with Crippen LogP contribution in [0.5, 0.6) is 5.75 Å². The average molecular weight is 318 g/mol. The first-order valence-corrected chi connectivity index (χ1v) is 7.37. The van der Waals surface area contributed by atoms with Gasteiger partial charge in [-0.15, -0.1) is 0 Å². The molecule has 1 atom stereocenters. The number of para-hydroxylation sites is 1. The summed E-state index contributed by atoms with van der Waals surface area (Å²) >= 11 is 0. The Morgan fingerprint density at radius 3 is 2.78 bits per heavy atom. The summed E-state index contributed by atoms with van der Waals surface area (Å²) in [6, 6.07) is 4.78. The Labute approximate surface area is 134 Å². The van der Waals surface area contributed by atoms with Crippen molar-refractivity contribution >= 4 is 24.7 Å². The third kappa shape index (κ3) is 4.10. The number of amides is 2. The molecule has 2 rings (SSSR count). The zero-order valence-electron chi connectivity index (χ0n) is 13.1. The first-order valence-electron chi connectivity index (χ1n) is 7.37. The van der Waals surface area contributed by atoms with E-state index >= 15 is 0 Å². The number of carbonyl (C=O) groups is 3. The molecule has 3 N–H and O–H groups in total. The molecule has 8 heteroatoms. The number of nitrogens with one attached hydrogen (secondary N) is 2. The van der Waals surface area contributed by atoms with Crippen LogP contribution in [0.15, 0.2) is 18.2 Å². The van der Waals surface area contributed by atoms with Crippen molar-refractivity contribution < 1.29 is 24.1 Å². The number of Topliss-reactive ketones (excluding diaryl/α,β-unsaturated/α-hetero) is 2. The summed E-state index contributed by atoms with van der Waals surface area (Å²) in [5.41, 5.74) is 1.22. The van der Waals surface area contributed by atoms with Crippen LogP contribution in [0.3, 0.4) is 0 Å². The summed E-state index contributed by atoms with van der Waals surface area (Å²) < 4.78 is 5.47. The molecule has 0 unspecified atom stereocenters. The first kappa shape index (κ1) is 17.0. The maximum absolute atomic E-state index is 11.9. The van der Waals surface area contributed by atoms with Crippen molar-refractivity contribution in [2.24, 2.45) is 0 Å². The highest BCUT2D eigenvalue weighted by Crippen LogP contribution is 2.36. The Morgan fingerprint density at radius 1 is 1.39 bits per heavy atom. The lowest BCUT2D eigenvalue weighted by Crippen LogP contribution is -2.39. The number of benzene rings is 1. The van der Waals surface area contributed by atoms with Crippen molar-refractivity contribution in [1.29, 1.82) is 0 Å². The predicted molar refractivity (Wildman–Crippen MR) is 84.6 cm³/mol. The Kier molecular flexibility index (Phi) is 5.38. The molecule has 1 aliphatic heterocycles. The van der Waals surface area contributed by atoms with Crippen LogP contribution in [0.2, 0.25) is 5.82 Å². The molecule has 23 heavy (non-hydrogen) atoms. The van der Waals surface area contributed by atoms with Gasteiger partial charge in [0.05, 0.1) is 12.1 Å². The minimum Gasteiger partial charge on any atom is -0.535 e. The Bertz CT molecular complexity index is 634. The van der Waals surface area contributed by atoms with Crippen LogP contribution in [0, 0.1) is 0 Å². The van der Waals surface area contributed by atoms with Gasteiger partial charge in [0, 0.05) is 19.3 Å². The molecule has 7 nitrogen and oxygen atoms in total. The van der Waals surface area contributed by atoms with Crippen molar-refractivity contribution in [2.75, 3.05) is 13.6 Å². The van der Waals surface area contributed by atoms with Crippen molar-refractivity contribution in [3.63, 3.8) is 0 Å². The maximum atomic E-state index is 11.9. The summed E-state index contributed by atoms with van der Waals surface area (Å²) in [7, 11) is 0.300. The molecule has 1 aromatic rings. The molecule has 122 valence electrons. The highest BCUT2D eigenvalue weighted by Gasteiger charge is 2.37. The number of hydrogen-bond acceptors (Lipinski definition) is 5. The zero-order chi connectivity index (χ0) is 17.0. The Hall–Kier alpha value is -2.35. The smallest absolute Gasteiger partial charge is 0.526 e. The van der Waals surface area contributed by atoms with Gasteiger partial charge in [-0.3, -0.25) is 9.59 Å². The molecule has 1 aliphatic rings. The molecular formula is C15H19BN2O5. The molecular weight excluding hydrogens is 299 g/mol. The molecule has 0 saturated carbocycles. The van der Waals surface area contributed by atoms with Gasteiger partial charge in [0.25, 0.3) is 0 Å². The predicted octanol–water partition coefficient (Wildman–Crippen LogP) is 0.563. The van der Waals surface area contributed by atoms with Crippen LogP contribution in [0.25, 0.3) is 0 Å². The van der Waals surface area contributed by atoms with E-state index in [4.69, 9.17) is 4.65 Å². The van der Waals surface area contributed by atoms with E-state index < -0.39 is 19.0 Å². The quantitative estimate of drug-likeness (QED) is 0.543. The lowest BCUT2D eigenvalue weighted by atomic mass is 9.64. The van der Waals surface area contributed by atoms with Gasteiger partial charge >= 0.3 is 13.1 Å². The van der Waals surface area contributed by atoms with E-state index in [1.54, 1.807) is 12.1 Å². The average Bonchev–Trinajstić information content (AvgIpc) is 2.52. The summed E-state index contributed by atoms with van der Waals surface area (Å²) in [6.07, 6.45) is 0.512. The fraction of sp³-hybridized carbons (Fsp3) is 0.400. The number of fused-ring (bicyclic) bond motifs is 1. The minimum absolute atomic E-state index is 0.0783. The van der Waals surface area contributed by atoms with Crippen LogP contribution >= 0.6 is 0 Å². The second-order valence-corrected chi connectivity index (χ2v) is 5.50. The molecule has 0 saturated heterocycles. The van der Waals surface area contributed by atoms with Gasteiger partial charge in [-0.2, -0.15) is 0 Å². The molecule has 0 aromatic heterocycles. The van der Waals surface area contributed by atoms with Crippen LogP contribution < -0.4 is 15.3 Å². The second-order valence-electron chi connectivity index (χ2n) is 5.50. The highest BCUT2D eigenvalue weighted by atomic mass is 16.5. The third-order valence-corrected chi connectivity index (χ3v) is 3.76. The third-order valence-electron chi connectivity index (χ3n) is 3.76. The standard InChI is InChI=1S/C15H19BN2O5/c1-9(19)13-5-3-4-10-6-11(16(22)23-14(10)13)7-12(20)8-18-15(21)17-2/h3-5,11,22H,6-8H2,1-2H3,(H2,17,18,21)/t11-/m1/s1. The highest BCUT2D eigenvalue weighted by molar-refractivity contribution is 6.47. The number of hydrogen-bond donors (Lipinski definition) is 3. The molecule has 1 heterocycles. The van der Waals surface area contributed by atoms with Crippen molar-refractivity contribution in [3.05, 3.63) is 29.3 Å². The minimum atomic E-state index is -1.16. The Morgan fingerprint density at radius 2 is 2.13 bits per heavy atom. The second kappa shape index (κ2) is 7.28. The van der Waals surface area contributed by atoms with Gasteiger partial charge in [0.2, 0.25) is 0 Å². The monoisotopic (exact) mass is 318 g/mol. The number of rotatable bonds is 5. The topological polar surface area (TPSA) is 105 Å². The largest absolute Gasteiger partial charge is 0.535 e. The van der Waals surface area contributed by atoms with Gasteiger partial charge in [-0.1, -0.05) is 12.1 Å². The zero-order valence-corrected chi connectivity index (χ0v) is 13.1. The molecule has 0 aliphatic carbocycles. The van der Waals surface area contributed by atoms with Crippen molar-refractivity contribution in [2.45, 2.75) is 25.6 Å². The fourth-order valence-corrected chi connectivity index (χ4v) is 2.57. The summed E-state index contributed by atoms with van der Waals surface area (Å²) in [4.78, 5) is 34.6. The normalized spacial score (nSPS) is 16.1. The van der Waals surface area contributed by atoms with Gasteiger partial charge in [0.15, 0.2) is 11.6 Å². The summed E-state index contributed by atoms with van der Waals surface area (Å²) in [5.74, 6) is -0.367. The van der Waals surface area contributed by atoms with E-state index in [-0.39, 0.29) is 24.5 Å². The molecule has 2 amide bonds. The Balaban J connectivity index is 2.04. The van der Waals surface area contributed by atoms with Gasteiger partial charge in [0.1, 0.15) is 5.75 Å². The van der Waals surface area contributed by atoms with Crippen molar-refractivity contribution in [1.82, 2.24) is 10.6 Å². The van der Waals surface area contributed by atoms with E-state index in [2.05, 4.69) is 10.6 Å². The van der Waals surface area contributed by atoms with E-state index in [1.807, 2.05) is 6.07 Å².